The van der Waals surface area contributed by atoms with Gasteiger partial charge in [-0.05, 0) is 56.4 Å². The molecule has 0 heterocycles. The summed E-state index contributed by atoms with van der Waals surface area (Å²) in [6.45, 7) is 6.24. The van der Waals surface area contributed by atoms with Crippen molar-refractivity contribution in [2.45, 2.75) is 52.9 Å². The minimum Gasteiger partial charge on any atom is -0.294 e. The van der Waals surface area contributed by atoms with Crippen molar-refractivity contribution in [2.75, 3.05) is 0 Å². The van der Waals surface area contributed by atoms with Crippen molar-refractivity contribution in [3.8, 4) is 0 Å². The van der Waals surface area contributed by atoms with E-state index in [0.29, 0.717) is 5.78 Å². The molecule has 1 aromatic rings. The molecule has 0 bridgehead atoms. The summed E-state index contributed by atoms with van der Waals surface area (Å²) in [7, 11) is 0. The van der Waals surface area contributed by atoms with Crippen molar-refractivity contribution >= 4 is 21.7 Å². The van der Waals surface area contributed by atoms with Crippen LogP contribution in [0.1, 0.15) is 60.5 Å². The van der Waals surface area contributed by atoms with E-state index in [1.807, 2.05) is 13.8 Å². The molecule has 18 heavy (non-hydrogen) atoms. The molecule has 0 aliphatic heterocycles. The highest BCUT2D eigenvalue weighted by Crippen LogP contribution is 2.44. The molecule has 1 aromatic carbocycles. The molecule has 0 spiro atoms. The molecule has 2 heteroatoms. The average Bonchev–Trinajstić information content (AvgIpc) is 2.83. The second-order valence-electron chi connectivity index (χ2n) is 5.59. The molecule has 0 aromatic heterocycles. The van der Waals surface area contributed by atoms with Crippen LogP contribution in [0.25, 0.3) is 0 Å². The molecule has 98 valence electrons. The second-order valence-corrected chi connectivity index (χ2v) is 6.44. The molecule has 0 radical (unpaired) electrons. The molecule has 2 rings (SSSR count). The number of aryl methyl sites for hydroxylation is 2. The lowest BCUT2D eigenvalue weighted by molar-refractivity contribution is 0.0790. The maximum absolute atomic E-state index is 12.9. The number of carbonyl (C=O) groups is 1. The van der Waals surface area contributed by atoms with Gasteiger partial charge in [-0.1, -0.05) is 35.7 Å². The lowest BCUT2D eigenvalue weighted by Crippen LogP contribution is -2.28. The molecule has 0 unspecified atom stereocenters. The highest BCUT2D eigenvalue weighted by Gasteiger charge is 2.40. The van der Waals surface area contributed by atoms with Crippen molar-refractivity contribution < 1.29 is 4.79 Å². The van der Waals surface area contributed by atoms with Crippen LogP contribution in [0.2, 0.25) is 0 Å². The maximum Gasteiger partial charge on any atom is 0.169 e. The predicted octanol–water partition coefficient (Wildman–Crippen LogP) is 5.22. The molecule has 0 amide bonds. The summed E-state index contributed by atoms with van der Waals surface area (Å²) in [4.78, 5) is 12.9. The van der Waals surface area contributed by atoms with Gasteiger partial charge in [-0.25, -0.2) is 0 Å². The van der Waals surface area contributed by atoms with Crippen molar-refractivity contribution in [1.29, 1.82) is 0 Å². The fourth-order valence-corrected chi connectivity index (χ4v) is 3.56. The van der Waals surface area contributed by atoms with Gasteiger partial charge in [-0.3, -0.25) is 4.79 Å². The van der Waals surface area contributed by atoms with Crippen LogP contribution < -0.4 is 0 Å². The summed E-state index contributed by atoms with van der Waals surface area (Å²) in [6, 6.07) is 4.12. The Morgan fingerprint density at radius 2 is 1.83 bits per heavy atom. The fourth-order valence-electron chi connectivity index (χ4n) is 3.10. The van der Waals surface area contributed by atoms with E-state index in [1.165, 1.54) is 12.8 Å². The van der Waals surface area contributed by atoms with E-state index in [-0.39, 0.29) is 5.41 Å². The van der Waals surface area contributed by atoms with Gasteiger partial charge >= 0.3 is 0 Å². The Bertz CT molecular complexity index is 470. The molecule has 1 aliphatic rings. The first kappa shape index (κ1) is 13.8. The molecule has 1 saturated carbocycles. The van der Waals surface area contributed by atoms with E-state index in [2.05, 4.69) is 35.0 Å². The average molecular weight is 309 g/mol. The number of hydrogen-bond donors (Lipinski definition) is 0. The number of halogens is 1. The van der Waals surface area contributed by atoms with Crippen molar-refractivity contribution in [3.63, 3.8) is 0 Å². The van der Waals surface area contributed by atoms with Crippen LogP contribution >= 0.6 is 15.9 Å². The Balaban J connectivity index is 2.42. The van der Waals surface area contributed by atoms with E-state index < -0.39 is 0 Å². The summed E-state index contributed by atoms with van der Waals surface area (Å²) < 4.78 is 1.09. The third kappa shape index (κ3) is 2.27. The first-order valence-corrected chi connectivity index (χ1v) is 7.61. The largest absolute Gasteiger partial charge is 0.294 e. The zero-order valence-electron chi connectivity index (χ0n) is 11.5. The number of Topliss-reactive ketones (excluding diaryl/α,β-unsaturated/α-hetero) is 1. The summed E-state index contributed by atoms with van der Waals surface area (Å²) in [6.07, 6.45) is 5.51. The maximum atomic E-state index is 12.9. The molecular weight excluding hydrogens is 288 g/mol. The van der Waals surface area contributed by atoms with Crippen LogP contribution in [0.3, 0.4) is 0 Å². The van der Waals surface area contributed by atoms with E-state index in [1.54, 1.807) is 0 Å². The van der Waals surface area contributed by atoms with Gasteiger partial charge in [0.2, 0.25) is 0 Å². The standard InChI is InChI=1S/C16H21BrO/c1-4-16(7-5-6-8-16)15(18)13-9-12(3)14(17)10-11(13)2/h9-10H,4-8H2,1-3H3. The number of ketones is 1. The van der Waals surface area contributed by atoms with Crippen LogP contribution in [0.5, 0.6) is 0 Å². The SMILES string of the molecule is CCC1(C(=O)c2cc(C)c(Br)cc2C)CCCC1. The summed E-state index contributed by atoms with van der Waals surface area (Å²) in [5.74, 6) is 0.371. The van der Waals surface area contributed by atoms with E-state index in [9.17, 15) is 4.79 Å². The van der Waals surface area contributed by atoms with Crippen LogP contribution in [0.4, 0.5) is 0 Å². The topological polar surface area (TPSA) is 17.1 Å². The number of hydrogen-bond acceptors (Lipinski definition) is 1. The van der Waals surface area contributed by atoms with Gasteiger partial charge in [0, 0.05) is 15.5 Å². The molecule has 0 saturated heterocycles. The number of benzene rings is 1. The molecule has 1 aliphatic carbocycles. The highest BCUT2D eigenvalue weighted by molar-refractivity contribution is 9.10. The zero-order valence-corrected chi connectivity index (χ0v) is 13.1. The monoisotopic (exact) mass is 308 g/mol. The van der Waals surface area contributed by atoms with Crippen LogP contribution in [0, 0.1) is 19.3 Å². The predicted molar refractivity (Wildman–Crippen MR) is 79.1 cm³/mol. The van der Waals surface area contributed by atoms with Gasteiger partial charge in [-0.15, -0.1) is 0 Å². The van der Waals surface area contributed by atoms with Gasteiger partial charge < -0.3 is 0 Å². The minimum atomic E-state index is -0.0783. The first-order chi connectivity index (χ1) is 8.50. The van der Waals surface area contributed by atoms with Gasteiger partial charge in [0.1, 0.15) is 0 Å². The number of rotatable bonds is 3. The summed E-state index contributed by atoms with van der Waals surface area (Å²) in [5, 5.41) is 0. The minimum absolute atomic E-state index is 0.0783. The van der Waals surface area contributed by atoms with Crippen LogP contribution in [-0.2, 0) is 0 Å². The normalized spacial score (nSPS) is 18.0. The van der Waals surface area contributed by atoms with Crippen molar-refractivity contribution in [2.24, 2.45) is 5.41 Å². The highest BCUT2D eigenvalue weighted by atomic mass is 79.9. The molecular formula is C16H21BrO. The van der Waals surface area contributed by atoms with Gasteiger partial charge in [-0.2, -0.15) is 0 Å². The van der Waals surface area contributed by atoms with E-state index in [4.69, 9.17) is 0 Å². The van der Waals surface area contributed by atoms with Crippen molar-refractivity contribution in [3.05, 3.63) is 33.3 Å². The van der Waals surface area contributed by atoms with E-state index >= 15 is 0 Å². The van der Waals surface area contributed by atoms with Crippen LogP contribution in [0.15, 0.2) is 16.6 Å². The van der Waals surface area contributed by atoms with Gasteiger partial charge in [0.05, 0.1) is 0 Å². The van der Waals surface area contributed by atoms with Gasteiger partial charge in [0.25, 0.3) is 0 Å². The molecule has 1 nitrogen and oxygen atoms in total. The van der Waals surface area contributed by atoms with E-state index in [0.717, 1.165) is 40.4 Å². The lowest BCUT2D eigenvalue weighted by atomic mass is 9.75. The molecule has 0 N–H and O–H groups in total. The van der Waals surface area contributed by atoms with Crippen LogP contribution in [-0.4, -0.2) is 5.78 Å². The Morgan fingerprint density at radius 1 is 1.22 bits per heavy atom. The van der Waals surface area contributed by atoms with Gasteiger partial charge in [0.15, 0.2) is 5.78 Å². The number of carbonyl (C=O) groups excluding carboxylic acids is 1. The second kappa shape index (κ2) is 5.16. The third-order valence-electron chi connectivity index (χ3n) is 4.47. The smallest absolute Gasteiger partial charge is 0.169 e. The Labute approximate surface area is 118 Å². The summed E-state index contributed by atoms with van der Waals surface area (Å²) >= 11 is 3.53. The first-order valence-electron chi connectivity index (χ1n) is 6.82. The zero-order chi connectivity index (χ0) is 13.3. The quantitative estimate of drug-likeness (QED) is 0.700. The lowest BCUT2D eigenvalue weighted by Gasteiger charge is -2.26. The summed E-state index contributed by atoms with van der Waals surface area (Å²) in [5.41, 5.74) is 3.09. The molecule has 1 fully saturated rings. The Kier molecular flexibility index (Phi) is 3.96. The third-order valence-corrected chi connectivity index (χ3v) is 5.32. The molecule has 0 atom stereocenters. The van der Waals surface area contributed by atoms with Crippen molar-refractivity contribution in [1.82, 2.24) is 0 Å². The fraction of sp³-hybridized carbons (Fsp3) is 0.562. The Hall–Kier alpha value is -0.630. The Morgan fingerprint density at radius 3 is 2.39 bits per heavy atom.